The lowest BCUT2D eigenvalue weighted by molar-refractivity contribution is -0.143. The number of nitrogens with one attached hydrogen (secondary N) is 1. The Balaban J connectivity index is 3.54. The van der Waals surface area contributed by atoms with Crippen molar-refractivity contribution in [2.75, 3.05) is 13.2 Å². The first-order valence-corrected chi connectivity index (χ1v) is 28.1. The van der Waals surface area contributed by atoms with Gasteiger partial charge in [-0.3, -0.25) is 9.59 Å². The zero-order valence-electron chi connectivity index (χ0n) is 42.3. The van der Waals surface area contributed by atoms with Crippen molar-refractivity contribution >= 4 is 11.9 Å². The topological polar surface area (TPSA) is 95.9 Å². The summed E-state index contributed by atoms with van der Waals surface area (Å²) >= 11 is 0. The lowest BCUT2D eigenvalue weighted by atomic mass is 10.0. The number of esters is 1. The average molecular weight is 889 g/mol. The van der Waals surface area contributed by atoms with Crippen LogP contribution in [0.4, 0.5) is 0 Å². The van der Waals surface area contributed by atoms with Gasteiger partial charge >= 0.3 is 5.97 Å². The molecule has 0 aliphatic carbocycles. The van der Waals surface area contributed by atoms with Crippen LogP contribution < -0.4 is 5.32 Å². The van der Waals surface area contributed by atoms with Gasteiger partial charge in [0.1, 0.15) is 0 Å². The Hall–Kier alpha value is -1.66. The molecule has 2 atom stereocenters. The predicted octanol–water partition coefficient (Wildman–Crippen LogP) is 17.1. The summed E-state index contributed by atoms with van der Waals surface area (Å²) in [6.07, 6.45) is 63.4. The quantitative estimate of drug-likeness (QED) is 0.0321. The number of carbonyl (C=O) groups excluding carboxylic acids is 2. The van der Waals surface area contributed by atoms with Crippen LogP contribution >= 0.6 is 0 Å². The van der Waals surface area contributed by atoms with Gasteiger partial charge in [-0.25, -0.2) is 0 Å². The van der Waals surface area contributed by atoms with E-state index in [1.54, 1.807) is 6.08 Å². The van der Waals surface area contributed by atoms with Gasteiger partial charge in [0.15, 0.2) is 0 Å². The molecule has 0 saturated carbocycles. The fraction of sp³-hybridized carbons (Fsp3) is 0.895. The molecule has 0 heterocycles. The van der Waals surface area contributed by atoms with Crippen LogP contribution in [0.15, 0.2) is 24.3 Å². The van der Waals surface area contributed by atoms with Crippen LogP contribution in [0, 0.1) is 0 Å². The van der Waals surface area contributed by atoms with Gasteiger partial charge in [0.25, 0.3) is 0 Å². The zero-order valence-corrected chi connectivity index (χ0v) is 42.3. The maximum atomic E-state index is 12.4. The number of ether oxygens (including phenoxy) is 1. The number of hydrogen-bond acceptors (Lipinski definition) is 5. The standard InChI is InChI=1S/C57H109NO5/c1-3-5-7-9-11-13-15-17-19-21-22-23-25-26-28-30-33-37-41-45-49-55(60)54(53-59)58-56(61)50-46-42-38-34-32-36-40-44-48-52-63-57(62)51-47-43-39-35-31-29-27-24-20-18-16-14-12-10-8-6-4-2/h34,38,45,49,54-55,59-60H,3-33,35-37,39-44,46-48,50-53H2,1-2H3,(H,58,61)/b38-34-,49-45+. The molecule has 0 aromatic heterocycles. The SMILES string of the molecule is CCCCCCCCCCCCCCCCCCCC/C=C/C(O)C(CO)NC(=O)CCC/C=C\CCCCCCOC(=O)CCCCCCCCCCCCCCCCCCC. The minimum absolute atomic E-state index is 0.0337. The molecule has 0 aromatic carbocycles. The third kappa shape index (κ3) is 49.6. The van der Waals surface area contributed by atoms with Crippen molar-refractivity contribution in [2.45, 2.75) is 315 Å². The highest BCUT2D eigenvalue weighted by molar-refractivity contribution is 5.76. The van der Waals surface area contributed by atoms with Gasteiger partial charge in [0.05, 0.1) is 25.4 Å². The van der Waals surface area contributed by atoms with E-state index in [1.165, 1.54) is 205 Å². The van der Waals surface area contributed by atoms with Crippen LogP contribution in [-0.4, -0.2) is 47.4 Å². The van der Waals surface area contributed by atoms with E-state index in [-0.39, 0.29) is 18.5 Å². The summed E-state index contributed by atoms with van der Waals surface area (Å²) in [5, 5.41) is 23.1. The molecule has 0 aromatic rings. The molecule has 3 N–H and O–H groups in total. The maximum absolute atomic E-state index is 12.4. The zero-order chi connectivity index (χ0) is 45.8. The first-order valence-electron chi connectivity index (χ1n) is 28.1. The third-order valence-electron chi connectivity index (χ3n) is 13.0. The number of carbonyl (C=O) groups is 2. The highest BCUT2D eigenvalue weighted by Crippen LogP contribution is 2.17. The third-order valence-corrected chi connectivity index (χ3v) is 13.0. The number of hydrogen-bond donors (Lipinski definition) is 3. The second-order valence-corrected chi connectivity index (χ2v) is 19.3. The lowest BCUT2D eigenvalue weighted by Gasteiger charge is -2.19. The Bertz CT molecular complexity index is 982. The summed E-state index contributed by atoms with van der Waals surface area (Å²) in [6.45, 7) is 4.83. The van der Waals surface area contributed by atoms with Crippen molar-refractivity contribution in [2.24, 2.45) is 0 Å². The Labute approximate surface area is 392 Å². The van der Waals surface area contributed by atoms with E-state index in [0.29, 0.717) is 19.4 Å². The minimum atomic E-state index is -0.875. The van der Waals surface area contributed by atoms with E-state index in [0.717, 1.165) is 70.6 Å². The van der Waals surface area contributed by atoms with Crippen molar-refractivity contribution in [3.8, 4) is 0 Å². The molecule has 0 aliphatic heterocycles. The number of amides is 1. The highest BCUT2D eigenvalue weighted by Gasteiger charge is 2.18. The lowest BCUT2D eigenvalue weighted by Crippen LogP contribution is -2.45. The van der Waals surface area contributed by atoms with Gasteiger partial charge in [0, 0.05) is 12.8 Å². The second kappa shape index (κ2) is 53.0. The molecule has 6 nitrogen and oxygen atoms in total. The van der Waals surface area contributed by atoms with Gasteiger partial charge in [0.2, 0.25) is 5.91 Å². The van der Waals surface area contributed by atoms with Gasteiger partial charge in [-0.15, -0.1) is 0 Å². The van der Waals surface area contributed by atoms with Crippen LogP contribution in [0.3, 0.4) is 0 Å². The summed E-state index contributed by atoms with van der Waals surface area (Å²) in [5.74, 6) is -0.159. The summed E-state index contributed by atoms with van der Waals surface area (Å²) in [4.78, 5) is 24.5. The molecule has 0 radical (unpaired) electrons. The normalized spacial score (nSPS) is 12.8. The van der Waals surface area contributed by atoms with E-state index in [4.69, 9.17) is 4.74 Å². The fourth-order valence-electron chi connectivity index (χ4n) is 8.64. The molecule has 0 bridgehead atoms. The molecule has 2 unspecified atom stereocenters. The van der Waals surface area contributed by atoms with Crippen molar-refractivity contribution < 1.29 is 24.5 Å². The molecule has 0 saturated heterocycles. The van der Waals surface area contributed by atoms with Crippen molar-refractivity contribution in [1.29, 1.82) is 0 Å². The van der Waals surface area contributed by atoms with Gasteiger partial charge in [-0.2, -0.15) is 0 Å². The summed E-state index contributed by atoms with van der Waals surface area (Å²) in [6, 6.07) is -0.665. The molecule has 6 heteroatoms. The first-order chi connectivity index (χ1) is 31.0. The Morgan fingerprint density at radius 3 is 1.16 bits per heavy atom. The maximum Gasteiger partial charge on any atom is 0.305 e. The summed E-state index contributed by atoms with van der Waals surface area (Å²) < 4.78 is 5.45. The number of aliphatic hydroxyl groups is 2. The monoisotopic (exact) mass is 888 g/mol. The molecule has 0 rings (SSSR count). The largest absolute Gasteiger partial charge is 0.466 e. The van der Waals surface area contributed by atoms with Crippen LogP contribution in [0.2, 0.25) is 0 Å². The van der Waals surface area contributed by atoms with Crippen LogP contribution in [0.1, 0.15) is 303 Å². The molecule has 0 aliphatic rings. The van der Waals surface area contributed by atoms with Crippen molar-refractivity contribution in [1.82, 2.24) is 5.32 Å². The van der Waals surface area contributed by atoms with Gasteiger partial charge in [-0.1, -0.05) is 263 Å². The number of rotatable bonds is 52. The predicted molar refractivity (Wildman–Crippen MR) is 273 cm³/mol. The Morgan fingerprint density at radius 2 is 0.762 bits per heavy atom. The van der Waals surface area contributed by atoms with Gasteiger partial charge in [-0.05, 0) is 51.4 Å². The van der Waals surface area contributed by atoms with Gasteiger partial charge < -0.3 is 20.3 Å². The van der Waals surface area contributed by atoms with E-state index >= 15 is 0 Å². The fourth-order valence-corrected chi connectivity index (χ4v) is 8.64. The molecule has 1 amide bonds. The molecule has 63 heavy (non-hydrogen) atoms. The second-order valence-electron chi connectivity index (χ2n) is 19.3. The van der Waals surface area contributed by atoms with Crippen molar-refractivity contribution in [3.63, 3.8) is 0 Å². The molecule has 372 valence electrons. The number of aliphatic hydroxyl groups excluding tert-OH is 2. The summed E-state index contributed by atoms with van der Waals surface area (Å²) in [7, 11) is 0. The number of allylic oxidation sites excluding steroid dienone is 3. The van der Waals surface area contributed by atoms with Crippen LogP contribution in [0.25, 0.3) is 0 Å². The first kappa shape index (κ1) is 61.3. The van der Waals surface area contributed by atoms with E-state index in [2.05, 4.69) is 31.3 Å². The Morgan fingerprint density at radius 1 is 0.429 bits per heavy atom. The number of unbranched alkanes of at least 4 members (excludes halogenated alkanes) is 39. The Kier molecular flexibility index (Phi) is 51.6. The molecular formula is C57H109NO5. The van der Waals surface area contributed by atoms with E-state index < -0.39 is 12.1 Å². The summed E-state index contributed by atoms with van der Waals surface area (Å²) in [5.41, 5.74) is 0. The van der Waals surface area contributed by atoms with Crippen LogP contribution in [0.5, 0.6) is 0 Å². The molecule has 0 spiro atoms. The van der Waals surface area contributed by atoms with E-state index in [9.17, 15) is 19.8 Å². The van der Waals surface area contributed by atoms with E-state index in [1.807, 2.05) is 6.08 Å². The van der Waals surface area contributed by atoms with Crippen LogP contribution in [-0.2, 0) is 14.3 Å². The highest BCUT2D eigenvalue weighted by atomic mass is 16.5. The minimum Gasteiger partial charge on any atom is -0.466 e. The smallest absolute Gasteiger partial charge is 0.305 e. The van der Waals surface area contributed by atoms with Crippen molar-refractivity contribution in [3.05, 3.63) is 24.3 Å². The molecule has 0 fully saturated rings. The molecular weight excluding hydrogens is 779 g/mol. The average Bonchev–Trinajstić information content (AvgIpc) is 3.28.